The van der Waals surface area contributed by atoms with Gasteiger partial charge in [0.25, 0.3) is 0 Å². The summed E-state index contributed by atoms with van der Waals surface area (Å²) in [6, 6.07) is 3.94. The van der Waals surface area contributed by atoms with Gasteiger partial charge < -0.3 is 5.32 Å². The fourth-order valence-corrected chi connectivity index (χ4v) is 2.85. The Hall–Kier alpha value is -1.33. The molecule has 2 aromatic heterocycles. The lowest BCUT2D eigenvalue weighted by Crippen LogP contribution is -2.17. The molecule has 1 N–H and O–H groups in total. The fraction of sp³-hybridized carbons (Fsp3) is 0.357. The molecule has 2 aromatic rings. The van der Waals surface area contributed by atoms with Gasteiger partial charge in [0, 0.05) is 23.9 Å². The Bertz CT molecular complexity index is 563. The molecule has 1 unspecified atom stereocenters. The van der Waals surface area contributed by atoms with Gasteiger partial charge in [0.2, 0.25) is 0 Å². The van der Waals surface area contributed by atoms with Gasteiger partial charge in [-0.1, -0.05) is 37.4 Å². The number of nitrogens with zero attached hydrogens (tertiary/aromatic N) is 2. The number of thiazole rings is 1. The summed E-state index contributed by atoms with van der Waals surface area (Å²) in [6.45, 7) is 6.27. The standard InChI is InChI=1S/C14H17N3S2/c1-4-9(2)12(18)17-13-10(3)16-14(19-13)11-6-5-7-15-8-11/h5-9H,4H2,1-3H3,(H,17,18). The van der Waals surface area contributed by atoms with Gasteiger partial charge in [-0.2, -0.15) is 0 Å². The molecule has 0 aliphatic carbocycles. The van der Waals surface area contributed by atoms with E-state index in [2.05, 4.69) is 29.1 Å². The molecule has 19 heavy (non-hydrogen) atoms. The van der Waals surface area contributed by atoms with Gasteiger partial charge in [0.15, 0.2) is 0 Å². The number of pyridine rings is 1. The van der Waals surface area contributed by atoms with E-state index < -0.39 is 0 Å². The molecule has 0 radical (unpaired) electrons. The fourth-order valence-electron chi connectivity index (χ4n) is 1.55. The van der Waals surface area contributed by atoms with Crippen LogP contribution in [0, 0.1) is 12.8 Å². The first-order chi connectivity index (χ1) is 9.11. The Morgan fingerprint density at radius 2 is 2.32 bits per heavy atom. The van der Waals surface area contributed by atoms with Crippen LogP contribution in [0.25, 0.3) is 10.6 Å². The lowest BCUT2D eigenvalue weighted by molar-refractivity contribution is 0.748. The Kier molecular flexibility index (Phi) is 4.61. The number of hydrogen-bond acceptors (Lipinski definition) is 4. The number of anilines is 1. The van der Waals surface area contributed by atoms with E-state index >= 15 is 0 Å². The minimum atomic E-state index is 0.387. The zero-order valence-corrected chi connectivity index (χ0v) is 12.9. The van der Waals surface area contributed by atoms with E-state index in [1.54, 1.807) is 17.5 Å². The molecule has 0 saturated carbocycles. The first kappa shape index (κ1) is 14.1. The number of thiocarbonyl (C=S) groups is 1. The lowest BCUT2D eigenvalue weighted by atomic mass is 10.1. The maximum absolute atomic E-state index is 5.40. The van der Waals surface area contributed by atoms with Gasteiger partial charge in [-0.15, -0.1) is 0 Å². The van der Waals surface area contributed by atoms with Crippen LogP contribution in [0.5, 0.6) is 0 Å². The maximum atomic E-state index is 5.40. The highest BCUT2D eigenvalue weighted by Gasteiger charge is 2.13. The van der Waals surface area contributed by atoms with Crippen molar-refractivity contribution in [1.82, 2.24) is 9.97 Å². The van der Waals surface area contributed by atoms with Crippen LogP contribution in [-0.4, -0.2) is 15.0 Å². The zero-order chi connectivity index (χ0) is 13.8. The third-order valence-electron chi connectivity index (χ3n) is 3.00. The van der Waals surface area contributed by atoms with Crippen LogP contribution >= 0.6 is 23.6 Å². The molecule has 5 heteroatoms. The predicted octanol–water partition coefficient (Wildman–Crippen LogP) is 4.30. The monoisotopic (exact) mass is 291 g/mol. The Morgan fingerprint density at radius 1 is 1.53 bits per heavy atom. The second kappa shape index (κ2) is 6.21. The number of aromatic nitrogens is 2. The Morgan fingerprint density at radius 3 is 2.95 bits per heavy atom. The second-order valence-corrected chi connectivity index (χ2v) is 5.91. The summed E-state index contributed by atoms with van der Waals surface area (Å²) in [5.41, 5.74) is 2.02. The molecule has 0 bridgehead atoms. The summed E-state index contributed by atoms with van der Waals surface area (Å²) in [7, 11) is 0. The van der Waals surface area contributed by atoms with Crippen molar-refractivity contribution in [2.45, 2.75) is 27.2 Å². The van der Waals surface area contributed by atoms with E-state index in [0.29, 0.717) is 5.92 Å². The van der Waals surface area contributed by atoms with Crippen LogP contribution in [0.15, 0.2) is 24.5 Å². The lowest BCUT2D eigenvalue weighted by Gasteiger charge is -2.11. The molecule has 2 rings (SSSR count). The molecular formula is C14H17N3S2. The van der Waals surface area contributed by atoms with Gasteiger partial charge in [0.1, 0.15) is 10.0 Å². The van der Waals surface area contributed by atoms with Gasteiger partial charge in [-0.25, -0.2) is 4.98 Å². The van der Waals surface area contributed by atoms with Crippen LogP contribution in [0.4, 0.5) is 5.00 Å². The summed E-state index contributed by atoms with van der Waals surface area (Å²) in [5, 5.41) is 5.32. The van der Waals surface area contributed by atoms with Gasteiger partial charge in [-0.3, -0.25) is 4.98 Å². The normalized spacial score (nSPS) is 12.2. The van der Waals surface area contributed by atoms with Crippen molar-refractivity contribution < 1.29 is 0 Å². The molecule has 0 aliphatic heterocycles. The molecule has 100 valence electrons. The average Bonchev–Trinajstić information content (AvgIpc) is 2.80. The van der Waals surface area contributed by atoms with Gasteiger partial charge in [0.05, 0.1) is 10.7 Å². The predicted molar refractivity (Wildman–Crippen MR) is 85.8 cm³/mol. The smallest absolute Gasteiger partial charge is 0.127 e. The van der Waals surface area contributed by atoms with E-state index in [-0.39, 0.29) is 0 Å². The summed E-state index contributed by atoms with van der Waals surface area (Å²) in [6.07, 6.45) is 4.63. The first-order valence-corrected chi connectivity index (χ1v) is 7.53. The van der Waals surface area contributed by atoms with E-state index in [0.717, 1.165) is 32.7 Å². The topological polar surface area (TPSA) is 37.8 Å². The zero-order valence-electron chi connectivity index (χ0n) is 11.3. The van der Waals surface area contributed by atoms with Gasteiger partial charge in [-0.05, 0) is 25.5 Å². The maximum Gasteiger partial charge on any atom is 0.127 e. The minimum Gasteiger partial charge on any atom is -0.340 e. The molecule has 0 fully saturated rings. The number of nitrogens with one attached hydrogen (secondary N) is 1. The Labute approximate surface area is 123 Å². The molecule has 0 amide bonds. The van der Waals surface area contributed by atoms with Crippen LogP contribution in [0.1, 0.15) is 26.0 Å². The van der Waals surface area contributed by atoms with E-state index in [9.17, 15) is 0 Å². The largest absolute Gasteiger partial charge is 0.340 e. The van der Waals surface area contributed by atoms with Crippen molar-refractivity contribution in [3.05, 3.63) is 30.2 Å². The van der Waals surface area contributed by atoms with Crippen LogP contribution in [0.2, 0.25) is 0 Å². The van der Waals surface area contributed by atoms with E-state index in [4.69, 9.17) is 12.2 Å². The summed E-state index contributed by atoms with van der Waals surface area (Å²) >= 11 is 7.02. The number of hydrogen-bond donors (Lipinski definition) is 1. The quantitative estimate of drug-likeness (QED) is 0.852. The van der Waals surface area contributed by atoms with Crippen molar-refractivity contribution >= 4 is 33.5 Å². The van der Waals surface area contributed by atoms with E-state index in [1.165, 1.54) is 0 Å². The van der Waals surface area contributed by atoms with Crippen molar-refractivity contribution in [3.63, 3.8) is 0 Å². The van der Waals surface area contributed by atoms with Crippen LogP contribution in [0.3, 0.4) is 0 Å². The van der Waals surface area contributed by atoms with Crippen molar-refractivity contribution in [1.29, 1.82) is 0 Å². The minimum absolute atomic E-state index is 0.387. The van der Waals surface area contributed by atoms with E-state index in [1.807, 2.05) is 25.3 Å². The molecule has 0 aromatic carbocycles. The molecule has 1 atom stereocenters. The summed E-state index contributed by atoms with van der Waals surface area (Å²) in [5.74, 6) is 0.387. The second-order valence-electron chi connectivity index (χ2n) is 4.47. The molecular weight excluding hydrogens is 274 g/mol. The van der Waals surface area contributed by atoms with Crippen molar-refractivity contribution in [2.75, 3.05) is 5.32 Å². The number of aryl methyl sites for hydroxylation is 1. The Balaban J connectivity index is 2.20. The molecule has 0 saturated heterocycles. The molecule has 3 nitrogen and oxygen atoms in total. The van der Waals surface area contributed by atoms with Crippen molar-refractivity contribution in [2.24, 2.45) is 5.92 Å². The van der Waals surface area contributed by atoms with Gasteiger partial charge >= 0.3 is 0 Å². The molecule has 0 aliphatic rings. The van der Waals surface area contributed by atoms with Crippen LogP contribution < -0.4 is 5.32 Å². The summed E-state index contributed by atoms with van der Waals surface area (Å²) in [4.78, 5) is 9.58. The average molecular weight is 291 g/mol. The van der Waals surface area contributed by atoms with Crippen LogP contribution in [-0.2, 0) is 0 Å². The third kappa shape index (κ3) is 3.36. The molecule has 0 spiro atoms. The summed E-state index contributed by atoms with van der Waals surface area (Å²) < 4.78 is 0. The highest BCUT2D eigenvalue weighted by molar-refractivity contribution is 7.80. The molecule has 2 heterocycles. The highest BCUT2D eigenvalue weighted by Crippen LogP contribution is 2.31. The first-order valence-electron chi connectivity index (χ1n) is 6.30. The number of rotatable bonds is 4. The van der Waals surface area contributed by atoms with Crippen molar-refractivity contribution in [3.8, 4) is 10.6 Å². The SMILES string of the molecule is CCC(C)C(=S)Nc1sc(-c2cccnc2)nc1C. The third-order valence-corrected chi connectivity index (χ3v) is 4.63. The highest BCUT2D eigenvalue weighted by atomic mass is 32.1.